The Morgan fingerprint density at radius 2 is 1.65 bits per heavy atom. The van der Waals surface area contributed by atoms with Crippen molar-refractivity contribution in [2.75, 3.05) is 0 Å². The summed E-state index contributed by atoms with van der Waals surface area (Å²) in [5.74, 6) is 0.940. The highest BCUT2D eigenvalue weighted by atomic mass is 19.4. The maximum atomic E-state index is 12.4. The van der Waals surface area contributed by atoms with Gasteiger partial charge in [-0.05, 0) is 36.5 Å². The van der Waals surface area contributed by atoms with Gasteiger partial charge in [-0.25, -0.2) is 0 Å². The lowest BCUT2D eigenvalue weighted by atomic mass is 9.79. The topological polar surface area (TPSA) is 17.1 Å². The molecule has 1 aromatic carbocycles. The molecule has 0 saturated heterocycles. The van der Waals surface area contributed by atoms with Gasteiger partial charge in [-0.3, -0.25) is 4.79 Å². The molecule has 4 heteroatoms. The number of rotatable bonds is 3. The zero-order chi connectivity index (χ0) is 14.8. The summed E-state index contributed by atoms with van der Waals surface area (Å²) in [6.45, 7) is 2.19. The van der Waals surface area contributed by atoms with Crippen molar-refractivity contribution in [1.29, 1.82) is 0 Å². The lowest BCUT2D eigenvalue weighted by Gasteiger charge is -2.25. The highest BCUT2D eigenvalue weighted by molar-refractivity contribution is 5.83. The van der Waals surface area contributed by atoms with Gasteiger partial charge in [0.15, 0.2) is 0 Å². The second-order valence-electron chi connectivity index (χ2n) is 5.79. The Balaban J connectivity index is 1.94. The molecule has 0 radical (unpaired) electrons. The third-order valence-electron chi connectivity index (χ3n) is 4.13. The van der Waals surface area contributed by atoms with Crippen molar-refractivity contribution in [2.24, 2.45) is 11.8 Å². The zero-order valence-corrected chi connectivity index (χ0v) is 11.5. The number of ketones is 1. The van der Waals surface area contributed by atoms with E-state index in [9.17, 15) is 18.0 Å². The van der Waals surface area contributed by atoms with Gasteiger partial charge >= 0.3 is 6.18 Å². The summed E-state index contributed by atoms with van der Waals surface area (Å²) in [4.78, 5) is 12.1. The molecule has 1 saturated carbocycles. The van der Waals surface area contributed by atoms with Crippen molar-refractivity contribution < 1.29 is 18.0 Å². The molecule has 0 aliphatic heterocycles. The summed E-state index contributed by atoms with van der Waals surface area (Å²) in [5, 5.41) is 0. The number of hydrogen-bond donors (Lipinski definition) is 0. The number of carbonyl (C=O) groups is 1. The second-order valence-corrected chi connectivity index (χ2v) is 5.79. The van der Waals surface area contributed by atoms with Gasteiger partial charge in [0.2, 0.25) is 0 Å². The summed E-state index contributed by atoms with van der Waals surface area (Å²) < 4.78 is 37.3. The molecular formula is C16H19F3O. The average Bonchev–Trinajstić information content (AvgIpc) is 2.39. The number of alkyl halides is 3. The number of hydrogen-bond acceptors (Lipinski definition) is 1. The van der Waals surface area contributed by atoms with Gasteiger partial charge in [-0.1, -0.05) is 31.9 Å². The van der Waals surface area contributed by atoms with Gasteiger partial charge in [-0.2, -0.15) is 13.2 Å². The lowest BCUT2D eigenvalue weighted by molar-refractivity contribution is -0.137. The Morgan fingerprint density at radius 1 is 1.10 bits per heavy atom. The lowest BCUT2D eigenvalue weighted by Crippen LogP contribution is -2.22. The fourth-order valence-electron chi connectivity index (χ4n) is 2.74. The van der Waals surface area contributed by atoms with Crippen LogP contribution in [0, 0.1) is 11.8 Å². The first-order chi connectivity index (χ1) is 9.36. The fraction of sp³-hybridized carbons (Fsp3) is 0.562. The highest BCUT2D eigenvalue weighted by Crippen LogP contribution is 2.31. The van der Waals surface area contributed by atoms with Gasteiger partial charge < -0.3 is 0 Å². The summed E-state index contributed by atoms with van der Waals surface area (Å²) in [5.41, 5.74) is 0.00168. The van der Waals surface area contributed by atoms with Crippen LogP contribution in [0.2, 0.25) is 0 Å². The van der Waals surface area contributed by atoms with E-state index in [1.807, 2.05) is 0 Å². The number of halogens is 3. The van der Waals surface area contributed by atoms with Crippen LogP contribution in [0.25, 0.3) is 0 Å². The minimum absolute atomic E-state index is 0.0912. The first kappa shape index (κ1) is 15.1. The molecule has 110 valence electrons. The van der Waals surface area contributed by atoms with Crippen molar-refractivity contribution in [2.45, 2.75) is 45.2 Å². The summed E-state index contributed by atoms with van der Waals surface area (Å²) >= 11 is 0. The molecule has 0 unspecified atom stereocenters. The quantitative estimate of drug-likeness (QED) is 0.790. The first-order valence-electron chi connectivity index (χ1n) is 7.05. The van der Waals surface area contributed by atoms with Crippen LogP contribution in [0.15, 0.2) is 24.3 Å². The molecule has 0 atom stereocenters. The van der Waals surface area contributed by atoms with Gasteiger partial charge in [0.05, 0.1) is 5.56 Å². The summed E-state index contributed by atoms with van der Waals surface area (Å²) in [7, 11) is 0. The maximum absolute atomic E-state index is 12.4. The normalized spacial score (nSPS) is 23.6. The Bertz CT molecular complexity index is 454. The second kappa shape index (κ2) is 5.98. The van der Waals surface area contributed by atoms with Crippen LogP contribution in [0.5, 0.6) is 0 Å². The molecule has 20 heavy (non-hydrogen) atoms. The van der Waals surface area contributed by atoms with E-state index in [-0.39, 0.29) is 18.1 Å². The molecule has 1 aromatic rings. The molecule has 1 aliphatic rings. The monoisotopic (exact) mass is 284 g/mol. The van der Waals surface area contributed by atoms with Crippen LogP contribution in [0.4, 0.5) is 13.2 Å². The van der Waals surface area contributed by atoms with Crippen LogP contribution in [0.3, 0.4) is 0 Å². The highest BCUT2D eigenvalue weighted by Gasteiger charge is 2.30. The number of carbonyl (C=O) groups excluding carboxylic acids is 1. The molecule has 0 bridgehead atoms. The van der Waals surface area contributed by atoms with Crippen molar-refractivity contribution >= 4 is 5.78 Å². The predicted octanol–water partition coefficient (Wildman–Crippen LogP) is 4.64. The van der Waals surface area contributed by atoms with Gasteiger partial charge in [-0.15, -0.1) is 0 Å². The van der Waals surface area contributed by atoms with Crippen molar-refractivity contribution in [1.82, 2.24) is 0 Å². The van der Waals surface area contributed by atoms with E-state index in [1.165, 1.54) is 12.1 Å². The summed E-state index contributed by atoms with van der Waals surface area (Å²) in [6.07, 6.45) is -0.0899. The molecule has 1 fully saturated rings. The van der Waals surface area contributed by atoms with Gasteiger partial charge in [0, 0.05) is 12.3 Å². The van der Waals surface area contributed by atoms with Crippen molar-refractivity contribution in [3.05, 3.63) is 35.4 Å². The van der Waals surface area contributed by atoms with E-state index in [4.69, 9.17) is 0 Å². The van der Waals surface area contributed by atoms with Crippen LogP contribution in [-0.4, -0.2) is 5.78 Å². The molecular weight excluding hydrogens is 265 g/mol. The van der Waals surface area contributed by atoms with Crippen LogP contribution in [-0.2, 0) is 17.4 Å². The minimum atomic E-state index is -4.32. The zero-order valence-electron chi connectivity index (χ0n) is 11.5. The molecule has 1 aliphatic carbocycles. The Kier molecular flexibility index (Phi) is 4.51. The van der Waals surface area contributed by atoms with Crippen LogP contribution in [0.1, 0.15) is 43.7 Å². The largest absolute Gasteiger partial charge is 0.416 e. The molecule has 0 N–H and O–H groups in total. The molecule has 2 rings (SSSR count). The third-order valence-corrected chi connectivity index (χ3v) is 4.13. The van der Waals surface area contributed by atoms with Crippen LogP contribution < -0.4 is 0 Å². The Hall–Kier alpha value is -1.32. The number of benzene rings is 1. The molecule has 0 spiro atoms. The Morgan fingerprint density at radius 3 is 2.15 bits per heavy atom. The van der Waals surface area contributed by atoms with Crippen LogP contribution >= 0.6 is 0 Å². The minimum Gasteiger partial charge on any atom is -0.299 e. The predicted molar refractivity (Wildman–Crippen MR) is 71.3 cm³/mol. The van der Waals surface area contributed by atoms with Crippen molar-refractivity contribution in [3.8, 4) is 0 Å². The fourth-order valence-corrected chi connectivity index (χ4v) is 2.74. The standard InChI is InChI=1S/C16H19F3O/c1-11-2-6-13(7-3-11)15(20)10-12-4-8-14(9-5-12)16(17,18)19/h4-5,8-9,11,13H,2-3,6-7,10H2,1H3. The van der Waals surface area contributed by atoms with Crippen molar-refractivity contribution in [3.63, 3.8) is 0 Å². The Labute approximate surface area is 117 Å². The number of Topliss-reactive ketones (excluding diaryl/α,β-unsaturated/α-hetero) is 1. The van der Waals surface area contributed by atoms with E-state index in [0.29, 0.717) is 11.5 Å². The molecule has 0 amide bonds. The maximum Gasteiger partial charge on any atom is 0.416 e. The smallest absolute Gasteiger partial charge is 0.299 e. The third kappa shape index (κ3) is 3.84. The van der Waals surface area contributed by atoms with E-state index in [2.05, 4.69) is 6.92 Å². The molecule has 0 aromatic heterocycles. The summed E-state index contributed by atoms with van der Waals surface area (Å²) in [6, 6.07) is 4.91. The first-order valence-corrected chi connectivity index (χ1v) is 7.05. The van der Waals surface area contributed by atoms with Gasteiger partial charge in [0.25, 0.3) is 0 Å². The van der Waals surface area contributed by atoms with E-state index in [0.717, 1.165) is 37.8 Å². The molecule has 0 heterocycles. The average molecular weight is 284 g/mol. The van der Waals surface area contributed by atoms with E-state index in [1.54, 1.807) is 0 Å². The van der Waals surface area contributed by atoms with E-state index < -0.39 is 11.7 Å². The van der Waals surface area contributed by atoms with Gasteiger partial charge in [0.1, 0.15) is 5.78 Å². The SMILES string of the molecule is CC1CCC(C(=O)Cc2ccc(C(F)(F)F)cc2)CC1. The molecule has 1 nitrogen and oxygen atoms in total. The van der Waals surface area contributed by atoms with E-state index >= 15 is 0 Å².